The van der Waals surface area contributed by atoms with Crippen LogP contribution in [0.15, 0.2) is 0 Å². The van der Waals surface area contributed by atoms with Gasteiger partial charge in [0, 0.05) is 11.4 Å². The van der Waals surface area contributed by atoms with Crippen LogP contribution in [0.4, 0.5) is 0 Å². The molecular weight excluding hydrogens is 553 g/mol. The predicted molar refractivity (Wildman–Crippen MR) is 198 cm³/mol. The van der Waals surface area contributed by atoms with Gasteiger partial charge < -0.3 is 26.8 Å². The highest BCUT2D eigenvalue weighted by Crippen LogP contribution is 2.68. The van der Waals surface area contributed by atoms with E-state index in [0.29, 0.717) is 10.8 Å². The van der Waals surface area contributed by atoms with Crippen LogP contribution in [-0.2, 0) is 4.79 Å². The van der Waals surface area contributed by atoms with E-state index >= 15 is 0 Å². The maximum atomic E-state index is 11.9. The van der Waals surface area contributed by atoms with Crippen LogP contribution in [0.3, 0.4) is 0 Å². The van der Waals surface area contributed by atoms with E-state index in [2.05, 4.69) is 45.5 Å². The van der Waals surface area contributed by atoms with Gasteiger partial charge in [0.2, 0.25) is 0 Å². The summed E-state index contributed by atoms with van der Waals surface area (Å²) in [6, 6.07) is 0.722. The number of carbonyl (C=O) groups is 1. The molecule has 0 heterocycles. The number of unbranched alkanes of at least 4 members (excludes halogenated alkanes) is 1. The van der Waals surface area contributed by atoms with Gasteiger partial charge >= 0.3 is 0 Å². The lowest BCUT2D eigenvalue weighted by molar-refractivity contribution is -0.140. The molecular formula is C36H71B3N4O2. The normalized spacial score (nSPS) is 36.1. The average Bonchev–Trinajstić information content (AvgIpc) is 3.33. The Bertz CT molecular complexity index is 938. The zero-order valence-corrected chi connectivity index (χ0v) is 30.5. The molecule has 6 N–H and O–H groups in total. The molecule has 4 aliphatic carbocycles. The van der Waals surface area contributed by atoms with Crippen molar-refractivity contribution in [2.24, 2.45) is 46.2 Å². The van der Waals surface area contributed by atoms with E-state index in [1.54, 1.807) is 0 Å². The van der Waals surface area contributed by atoms with E-state index in [1.807, 2.05) is 14.8 Å². The SMILES string of the molecule is BC(B)(CCCC1CCC2C3CCC4CC(NCCCNCCCCNCCCN)CCC4(C)C3CCC12C)C(B)(C)C(=O)O. The summed E-state index contributed by atoms with van der Waals surface area (Å²) in [5.74, 6) is 3.86. The molecule has 0 spiro atoms. The number of rotatable bonds is 19. The highest BCUT2D eigenvalue weighted by atomic mass is 16.4. The minimum Gasteiger partial charge on any atom is -0.481 e. The maximum absolute atomic E-state index is 11.9. The summed E-state index contributed by atoms with van der Waals surface area (Å²) >= 11 is 0. The van der Waals surface area contributed by atoms with Crippen molar-refractivity contribution in [3.05, 3.63) is 0 Å². The zero-order valence-electron chi connectivity index (χ0n) is 30.5. The van der Waals surface area contributed by atoms with E-state index in [9.17, 15) is 9.90 Å². The van der Waals surface area contributed by atoms with Crippen molar-refractivity contribution >= 4 is 29.5 Å². The molecule has 45 heavy (non-hydrogen) atoms. The lowest BCUT2D eigenvalue weighted by Gasteiger charge is -2.61. The maximum Gasteiger partial charge on any atom is 0.300 e. The first-order valence-corrected chi connectivity index (χ1v) is 19.4. The molecule has 9 unspecified atom stereocenters. The number of hydrogen-bond acceptors (Lipinski definition) is 5. The minimum absolute atomic E-state index is 0.185. The third-order valence-corrected chi connectivity index (χ3v) is 14.9. The van der Waals surface area contributed by atoms with E-state index in [0.717, 1.165) is 87.7 Å². The van der Waals surface area contributed by atoms with Crippen LogP contribution < -0.4 is 21.7 Å². The molecule has 0 radical (unpaired) electrons. The van der Waals surface area contributed by atoms with Crippen molar-refractivity contribution in [2.75, 3.05) is 39.3 Å². The Morgan fingerprint density at radius 2 is 1.47 bits per heavy atom. The number of aliphatic carboxylic acids is 1. The van der Waals surface area contributed by atoms with Gasteiger partial charge in [-0.2, -0.15) is 0 Å². The van der Waals surface area contributed by atoms with Gasteiger partial charge in [-0.05, 0) is 170 Å². The van der Waals surface area contributed by atoms with Crippen molar-refractivity contribution in [3.8, 4) is 0 Å². The summed E-state index contributed by atoms with van der Waals surface area (Å²) in [7, 11) is 6.25. The summed E-state index contributed by atoms with van der Waals surface area (Å²) < 4.78 is 0. The third kappa shape index (κ3) is 8.57. The fourth-order valence-electron chi connectivity index (χ4n) is 10.9. The lowest BCUT2D eigenvalue weighted by Crippen LogP contribution is -2.55. The molecule has 4 fully saturated rings. The molecule has 0 aromatic rings. The van der Waals surface area contributed by atoms with E-state index in [-0.39, 0.29) is 5.21 Å². The van der Waals surface area contributed by atoms with Crippen molar-refractivity contribution in [2.45, 2.75) is 140 Å². The van der Waals surface area contributed by atoms with Gasteiger partial charge in [0.25, 0.3) is 5.97 Å². The molecule has 0 amide bonds. The molecule has 256 valence electrons. The number of carboxylic acids is 1. The fourth-order valence-corrected chi connectivity index (χ4v) is 10.9. The van der Waals surface area contributed by atoms with Crippen LogP contribution in [0.1, 0.15) is 124 Å². The van der Waals surface area contributed by atoms with Crippen LogP contribution in [0.25, 0.3) is 0 Å². The third-order valence-electron chi connectivity index (χ3n) is 14.9. The number of hydrogen-bond donors (Lipinski definition) is 5. The zero-order chi connectivity index (χ0) is 32.7. The van der Waals surface area contributed by atoms with Gasteiger partial charge in [0.05, 0.1) is 15.7 Å². The van der Waals surface area contributed by atoms with Crippen LogP contribution in [-0.4, -0.2) is 79.9 Å². The van der Waals surface area contributed by atoms with Crippen LogP contribution in [0.2, 0.25) is 10.5 Å². The lowest BCUT2D eigenvalue weighted by atomic mass is 9.35. The monoisotopic (exact) mass is 625 g/mol. The van der Waals surface area contributed by atoms with E-state index in [1.165, 1.54) is 89.9 Å². The summed E-state index contributed by atoms with van der Waals surface area (Å²) in [6.07, 6.45) is 21.1. The Kier molecular flexibility index (Phi) is 13.5. The first-order valence-electron chi connectivity index (χ1n) is 19.4. The first kappa shape index (κ1) is 37.3. The molecule has 9 atom stereocenters. The smallest absolute Gasteiger partial charge is 0.300 e. The molecule has 0 aliphatic heterocycles. The average molecular weight is 624 g/mol. The molecule has 4 saturated carbocycles. The molecule has 0 saturated heterocycles. The predicted octanol–water partition coefficient (Wildman–Crippen LogP) is 3.75. The van der Waals surface area contributed by atoms with Gasteiger partial charge in [-0.1, -0.05) is 38.8 Å². The number of nitrogens with one attached hydrogen (secondary N) is 3. The second-order valence-electron chi connectivity index (χ2n) is 17.8. The summed E-state index contributed by atoms with van der Waals surface area (Å²) in [5, 5.41) is 20.0. The Morgan fingerprint density at radius 3 is 2.16 bits per heavy atom. The van der Waals surface area contributed by atoms with Gasteiger partial charge in [0.1, 0.15) is 7.85 Å². The second-order valence-corrected chi connectivity index (χ2v) is 17.8. The van der Waals surface area contributed by atoms with E-state index in [4.69, 9.17) is 5.73 Å². The molecule has 6 nitrogen and oxygen atoms in total. The Morgan fingerprint density at radius 1 is 0.822 bits per heavy atom. The summed E-state index contributed by atoms with van der Waals surface area (Å²) in [6.45, 7) is 13.7. The Balaban J connectivity index is 1.17. The Hall–Kier alpha value is -0.495. The van der Waals surface area contributed by atoms with Crippen molar-refractivity contribution in [1.29, 1.82) is 0 Å². The minimum atomic E-state index is -0.685. The highest BCUT2D eigenvalue weighted by molar-refractivity contribution is 6.48. The number of fused-ring (bicyclic) bond motifs is 5. The molecule has 0 aromatic heterocycles. The first-order chi connectivity index (χ1) is 21.4. The van der Waals surface area contributed by atoms with Crippen molar-refractivity contribution in [3.63, 3.8) is 0 Å². The molecule has 0 aromatic carbocycles. The van der Waals surface area contributed by atoms with Crippen LogP contribution in [0.5, 0.6) is 0 Å². The van der Waals surface area contributed by atoms with Gasteiger partial charge in [-0.3, -0.25) is 4.79 Å². The molecule has 9 heteroatoms. The largest absolute Gasteiger partial charge is 0.481 e. The van der Waals surface area contributed by atoms with Crippen LogP contribution >= 0.6 is 0 Å². The summed E-state index contributed by atoms with van der Waals surface area (Å²) in [4.78, 5) is 11.9. The number of carboxylic acid groups (broad SMARTS) is 1. The second kappa shape index (κ2) is 16.3. The Labute approximate surface area is 280 Å². The molecule has 4 aliphatic rings. The topological polar surface area (TPSA) is 99.4 Å². The number of nitrogens with two attached hydrogens (primary N) is 1. The van der Waals surface area contributed by atoms with E-state index < -0.39 is 11.3 Å². The standard InChI is InChI=1S/C36H71B3N4O2/c1-33-18-15-31-29(30(33)13-11-26(33)9-6-16-36(38,39)35(3,37)32(44)45)12-10-27-25-28(14-17-34(27,31)2)43-24-8-23-42-21-5-4-20-41-22-7-19-40/h26-31,41-43H,4-25,37-40H2,1-3H3,(H,44,45). The van der Waals surface area contributed by atoms with Crippen molar-refractivity contribution < 1.29 is 9.90 Å². The van der Waals surface area contributed by atoms with Gasteiger partial charge in [0.15, 0.2) is 0 Å². The molecule has 4 rings (SSSR count). The quantitative estimate of drug-likeness (QED) is 0.111. The van der Waals surface area contributed by atoms with Gasteiger partial charge in [-0.15, -0.1) is 0 Å². The summed E-state index contributed by atoms with van der Waals surface area (Å²) in [5.41, 5.74) is 6.60. The highest BCUT2D eigenvalue weighted by Gasteiger charge is 2.60. The van der Waals surface area contributed by atoms with Crippen LogP contribution in [0, 0.1) is 40.4 Å². The fraction of sp³-hybridized carbons (Fsp3) is 0.972. The molecule has 0 bridgehead atoms. The van der Waals surface area contributed by atoms with Crippen molar-refractivity contribution in [1.82, 2.24) is 16.0 Å². The van der Waals surface area contributed by atoms with Gasteiger partial charge in [-0.25, -0.2) is 0 Å².